The van der Waals surface area contributed by atoms with Gasteiger partial charge < -0.3 is 0 Å². The number of nitrogens with zero attached hydrogens (tertiary/aromatic N) is 1. The van der Waals surface area contributed by atoms with Crippen LogP contribution >= 0.6 is 23.1 Å². The van der Waals surface area contributed by atoms with E-state index >= 15 is 0 Å². The molecule has 2 rings (SSSR count). The van der Waals surface area contributed by atoms with Crippen LogP contribution < -0.4 is 11.3 Å². The number of hydrogen-bond donors (Lipinski definition) is 2. The van der Waals surface area contributed by atoms with Gasteiger partial charge in [-0.15, -0.1) is 23.1 Å². The molecule has 1 heterocycles. The van der Waals surface area contributed by atoms with Crippen molar-refractivity contribution in [2.24, 2.45) is 5.84 Å². The Kier molecular flexibility index (Phi) is 4.77. The number of hydrogen-bond acceptors (Lipinski definition) is 5. The van der Waals surface area contributed by atoms with Crippen LogP contribution in [0.4, 0.5) is 0 Å². The van der Waals surface area contributed by atoms with Gasteiger partial charge in [-0.1, -0.05) is 12.1 Å². The van der Waals surface area contributed by atoms with Crippen LogP contribution in [0.5, 0.6) is 0 Å². The number of thiazole rings is 1. The van der Waals surface area contributed by atoms with Crippen LogP contribution in [0.3, 0.4) is 0 Å². The predicted molar refractivity (Wildman–Crippen MR) is 78.8 cm³/mol. The summed E-state index contributed by atoms with van der Waals surface area (Å²) < 4.78 is 0. The lowest BCUT2D eigenvalue weighted by molar-refractivity contribution is 0.546. The van der Waals surface area contributed by atoms with Gasteiger partial charge in [0, 0.05) is 16.7 Å². The van der Waals surface area contributed by atoms with Crippen molar-refractivity contribution >= 4 is 23.1 Å². The molecule has 0 saturated carbocycles. The first-order valence-corrected chi connectivity index (χ1v) is 7.84. The molecule has 3 nitrogen and oxygen atoms in total. The van der Waals surface area contributed by atoms with Crippen molar-refractivity contribution in [3.63, 3.8) is 0 Å². The van der Waals surface area contributed by atoms with Gasteiger partial charge in [0.1, 0.15) is 0 Å². The Morgan fingerprint density at radius 3 is 2.61 bits per heavy atom. The van der Waals surface area contributed by atoms with E-state index in [1.165, 1.54) is 10.5 Å². The van der Waals surface area contributed by atoms with E-state index < -0.39 is 0 Å². The second-order valence-corrected chi connectivity index (χ2v) is 6.00. The third kappa shape index (κ3) is 3.32. The summed E-state index contributed by atoms with van der Waals surface area (Å²) >= 11 is 3.42. The van der Waals surface area contributed by atoms with Gasteiger partial charge in [-0.05, 0) is 30.9 Å². The predicted octanol–water partition coefficient (Wildman–Crippen LogP) is 2.92. The van der Waals surface area contributed by atoms with Crippen molar-refractivity contribution in [2.45, 2.75) is 24.3 Å². The van der Waals surface area contributed by atoms with Crippen LogP contribution in [0, 0.1) is 6.92 Å². The zero-order valence-electron chi connectivity index (χ0n) is 10.5. The zero-order valence-corrected chi connectivity index (χ0v) is 12.1. The molecule has 0 amide bonds. The maximum atomic E-state index is 5.65. The molecule has 0 bridgehead atoms. The molecule has 0 saturated heterocycles. The second-order valence-electron chi connectivity index (χ2n) is 4.05. The van der Waals surface area contributed by atoms with E-state index in [0.29, 0.717) is 0 Å². The zero-order chi connectivity index (χ0) is 13.0. The van der Waals surface area contributed by atoms with Gasteiger partial charge in [0.25, 0.3) is 0 Å². The van der Waals surface area contributed by atoms with Gasteiger partial charge in [-0.25, -0.2) is 4.98 Å². The summed E-state index contributed by atoms with van der Waals surface area (Å²) in [6.07, 6.45) is 2.89. The molecule has 2 aromatic rings. The number of aromatic nitrogens is 1. The highest BCUT2D eigenvalue weighted by Gasteiger charge is 2.12. The molecule has 18 heavy (non-hydrogen) atoms. The molecular formula is C13H17N3S2. The van der Waals surface area contributed by atoms with Crippen LogP contribution in [0.1, 0.15) is 22.3 Å². The Labute approximate surface area is 116 Å². The molecule has 0 radical (unpaired) electrons. The minimum atomic E-state index is 0.113. The van der Waals surface area contributed by atoms with Crippen molar-refractivity contribution in [1.82, 2.24) is 10.4 Å². The van der Waals surface area contributed by atoms with Crippen LogP contribution in [0.15, 0.2) is 34.5 Å². The molecule has 0 aliphatic carbocycles. The summed E-state index contributed by atoms with van der Waals surface area (Å²) in [7, 11) is 0. The lowest BCUT2D eigenvalue weighted by Crippen LogP contribution is -2.29. The fourth-order valence-corrected chi connectivity index (χ4v) is 2.85. The smallest absolute Gasteiger partial charge is 0.0897 e. The van der Waals surface area contributed by atoms with Gasteiger partial charge >= 0.3 is 0 Å². The molecule has 1 aromatic heterocycles. The fraction of sp³-hybridized carbons (Fsp3) is 0.308. The number of aryl methyl sites for hydroxylation is 1. The van der Waals surface area contributed by atoms with Crippen LogP contribution in [0.25, 0.3) is 0 Å². The van der Waals surface area contributed by atoms with E-state index in [1.807, 2.05) is 6.92 Å². The van der Waals surface area contributed by atoms with Crippen molar-refractivity contribution < 1.29 is 0 Å². The van der Waals surface area contributed by atoms with E-state index in [0.717, 1.165) is 17.1 Å². The molecular weight excluding hydrogens is 262 g/mol. The second kappa shape index (κ2) is 6.33. The van der Waals surface area contributed by atoms with E-state index in [4.69, 9.17) is 5.84 Å². The van der Waals surface area contributed by atoms with Crippen molar-refractivity contribution in [3.05, 3.63) is 45.9 Å². The van der Waals surface area contributed by atoms with Gasteiger partial charge in [-0.3, -0.25) is 11.3 Å². The Bertz CT molecular complexity index is 493. The number of nitrogens with two attached hydrogens (primary N) is 1. The molecule has 1 atom stereocenters. The Hall–Kier alpha value is -0.880. The highest BCUT2D eigenvalue weighted by Crippen LogP contribution is 2.22. The molecule has 0 fully saturated rings. The van der Waals surface area contributed by atoms with E-state index in [1.54, 1.807) is 23.1 Å². The number of hydrazine groups is 1. The first-order chi connectivity index (χ1) is 8.72. The molecule has 0 spiro atoms. The van der Waals surface area contributed by atoms with Crippen molar-refractivity contribution in [3.8, 4) is 0 Å². The first-order valence-electron chi connectivity index (χ1n) is 5.74. The summed E-state index contributed by atoms with van der Waals surface area (Å²) in [5.41, 5.74) is 5.16. The van der Waals surface area contributed by atoms with Gasteiger partial charge in [0.05, 0.1) is 16.7 Å². The SMILES string of the molecule is CSc1ccc(C(Cc2csc(C)n2)NN)cc1. The largest absolute Gasteiger partial charge is 0.271 e. The molecule has 96 valence electrons. The van der Waals surface area contributed by atoms with Crippen LogP contribution in [-0.4, -0.2) is 11.2 Å². The summed E-state index contributed by atoms with van der Waals surface area (Å²) in [5, 5.41) is 3.19. The highest BCUT2D eigenvalue weighted by atomic mass is 32.2. The van der Waals surface area contributed by atoms with Crippen LogP contribution in [0.2, 0.25) is 0 Å². The number of nitrogens with one attached hydrogen (secondary N) is 1. The highest BCUT2D eigenvalue weighted by molar-refractivity contribution is 7.98. The third-order valence-corrected chi connectivity index (χ3v) is 4.37. The van der Waals surface area contributed by atoms with Gasteiger partial charge in [0.2, 0.25) is 0 Å². The number of benzene rings is 1. The Balaban J connectivity index is 2.12. The van der Waals surface area contributed by atoms with E-state index in [-0.39, 0.29) is 6.04 Å². The Morgan fingerprint density at radius 2 is 2.11 bits per heavy atom. The Morgan fingerprint density at radius 1 is 1.39 bits per heavy atom. The van der Waals surface area contributed by atoms with E-state index in [2.05, 4.69) is 46.3 Å². The maximum Gasteiger partial charge on any atom is 0.0897 e. The molecule has 1 unspecified atom stereocenters. The molecule has 0 aliphatic rings. The average Bonchev–Trinajstić information content (AvgIpc) is 2.82. The monoisotopic (exact) mass is 279 g/mol. The summed E-state index contributed by atoms with van der Waals surface area (Å²) in [6.45, 7) is 2.02. The first kappa shape index (κ1) is 13.5. The van der Waals surface area contributed by atoms with Crippen LogP contribution in [-0.2, 0) is 6.42 Å². The summed E-state index contributed by atoms with van der Waals surface area (Å²) in [4.78, 5) is 5.74. The average molecular weight is 279 g/mol. The molecule has 3 N–H and O–H groups in total. The molecule has 5 heteroatoms. The summed E-state index contributed by atoms with van der Waals surface area (Å²) in [6, 6.07) is 8.60. The topological polar surface area (TPSA) is 50.9 Å². The third-order valence-electron chi connectivity index (χ3n) is 2.80. The maximum absolute atomic E-state index is 5.65. The quantitative estimate of drug-likeness (QED) is 0.502. The number of thioether (sulfide) groups is 1. The fourth-order valence-electron chi connectivity index (χ4n) is 1.82. The molecule has 0 aliphatic heterocycles. The van der Waals surface area contributed by atoms with Gasteiger partial charge in [0.15, 0.2) is 0 Å². The summed E-state index contributed by atoms with van der Waals surface area (Å²) in [5.74, 6) is 5.65. The molecule has 1 aromatic carbocycles. The standard InChI is InChI=1S/C13H17N3S2/c1-9-15-11(8-18-9)7-13(16-14)10-3-5-12(17-2)6-4-10/h3-6,8,13,16H,7,14H2,1-2H3. The minimum Gasteiger partial charge on any atom is -0.271 e. The number of rotatable bonds is 5. The van der Waals surface area contributed by atoms with Crippen molar-refractivity contribution in [1.29, 1.82) is 0 Å². The van der Waals surface area contributed by atoms with Crippen molar-refractivity contribution in [2.75, 3.05) is 6.26 Å². The lowest BCUT2D eigenvalue weighted by Gasteiger charge is -2.15. The van der Waals surface area contributed by atoms with E-state index in [9.17, 15) is 0 Å². The van der Waals surface area contributed by atoms with Gasteiger partial charge in [-0.2, -0.15) is 0 Å². The normalized spacial score (nSPS) is 12.6. The lowest BCUT2D eigenvalue weighted by atomic mass is 10.0. The minimum absolute atomic E-state index is 0.113.